The molecule has 3 heterocycles. The van der Waals surface area contributed by atoms with Crippen LogP contribution < -0.4 is 10.2 Å². The van der Waals surface area contributed by atoms with Gasteiger partial charge in [-0.25, -0.2) is 15.0 Å². The first-order valence-corrected chi connectivity index (χ1v) is 8.92. The van der Waals surface area contributed by atoms with E-state index in [4.69, 9.17) is 4.74 Å². The number of hydrogen-bond acceptors (Lipinski definition) is 6. The Morgan fingerprint density at radius 3 is 2.92 bits per heavy atom. The number of hydrogen-bond donors (Lipinski definition) is 1. The van der Waals surface area contributed by atoms with Crippen LogP contribution in [0.25, 0.3) is 0 Å². The Labute approximate surface area is 149 Å². The highest BCUT2D eigenvalue weighted by Crippen LogP contribution is 2.24. The Morgan fingerprint density at radius 1 is 1.36 bits per heavy atom. The third kappa shape index (κ3) is 4.28. The molecule has 0 aliphatic carbocycles. The average molecular weight is 344 g/mol. The van der Waals surface area contributed by atoms with E-state index in [0.717, 1.165) is 36.9 Å². The largest absolute Gasteiger partial charge is 0.376 e. The predicted molar refractivity (Wildman–Crippen MR) is 98.6 cm³/mol. The molecule has 1 fully saturated rings. The molecule has 25 heavy (non-hydrogen) atoms. The molecule has 0 spiro atoms. The van der Waals surface area contributed by atoms with Crippen molar-refractivity contribution >= 4 is 11.6 Å². The van der Waals surface area contributed by atoms with E-state index in [0.29, 0.717) is 12.5 Å². The molecule has 136 valence electrons. The van der Waals surface area contributed by atoms with Gasteiger partial charge in [-0.15, -0.1) is 0 Å². The summed E-state index contributed by atoms with van der Waals surface area (Å²) in [7, 11) is 4.01. The van der Waals surface area contributed by atoms with Gasteiger partial charge in [0, 0.05) is 39.2 Å². The van der Waals surface area contributed by atoms with Crippen LogP contribution >= 0.6 is 0 Å². The summed E-state index contributed by atoms with van der Waals surface area (Å²) in [5.41, 5.74) is 0. The zero-order valence-corrected chi connectivity index (χ0v) is 15.5. The molecule has 2 aromatic rings. The van der Waals surface area contributed by atoms with Gasteiger partial charge in [-0.3, -0.25) is 0 Å². The third-order valence-corrected chi connectivity index (χ3v) is 4.70. The summed E-state index contributed by atoms with van der Waals surface area (Å²) in [6.45, 7) is 5.96. The average Bonchev–Trinajstić information content (AvgIpc) is 3.00. The topological polar surface area (TPSA) is 68.1 Å². The van der Waals surface area contributed by atoms with Crippen molar-refractivity contribution in [1.29, 1.82) is 0 Å². The van der Waals surface area contributed by atoms with Crippen molar-refractivity contribution < 1.29 is 4.74 Å². The normalized spacial score (nSPS) is 20.7. The van der Waals surface area contributed by atoms with Gasteiger partial charge in [0.25, 0.3) is 0 Å². The number of nitrogens with zero attached hydrogens (tertiary/aromatic N) is 5. The quantitative estimate of drug-likeness (QED) is 0.868. The minimum Gasteiger partial charge on any atom is -0.376 e. The molecule has 1 aliphatic rings. The number of aryl methyl sites for hydroxylation is 1. The van der Waals surface area contributed by atoms with Crippen LogP contribution in [0.3, 0.4) is 0 Å². The molecular weight excluding hydrogens is 316 g/mol. The molecule has 2 aromatic heterocycles. The van der Waals surface area contributed by atoms with Crippen LogP contribution in [0, 0.1) is 5.92 Å². The Bertz CT molecular complexity index is 686. The molecule has 0 unspecified atom stereocenters. The van der Waals surface area contributed by atoms with Gasteiger partial charge >= 0.3 is 0 Å². The molecule has 7 heteroatoms. The van der Waals surface area contributed by atoms with Crippen LogP contribution in [0.2, 0.25) is 0 Å². The van der Waals surface area contributed by atoms with E-state index in [9.17, 15) is 0 Å². The molecule has 0 saturated carbocycles. The van der Waals surface area contributed by atoms with E-state index in [1.165, 1.54) is 0 Å². The molecule has 1 saturated heterocycles. The summed E-state index contributed by atoms with van der Waals surface area (Å²) in [6.07, 6.45) is 7.78. The fourth-order valence-electron chi connectivity index (χ4n) is 3.28. The van der Waals surface area contributed by atoms with Gasteiger partial charge in [0.2, 0.25) is 0 Å². The summed E-state index contributed by atoms with van der Waals surface area (Å²) in [4.78, 5) is 15.3. The summed E-state index contributed by atoms with van der Waals surface area (Å²) in [5.74, 6) is 3.19. The van der Waals surface area contributed by atoms with Crippen LogP contribution in [0.1, 0.15) is 32.5 Å². The molecule has 0 bridgehead atoms. The number of aromatic nitrogens is 4. The minimum atomic E-state index is 0.220. The standard InChI is InChI=1S/C18H28N6O/c1-13(2)18-14(6-5-9-25-18)22-15-10-16(21-12-20-15)24(4)11-17-19-7-8-23(17)3/h7-8,10,12-14,18H,5-6,9,11H2,1-4H3,(H,20,21,22)/t14-,18-/m1/s1. The summed E-state index contributed by atoms with van der Waals surface area (Å²) < 4.78 is 7.98. The van der Waals surface area contributed by atoms with Gasteiger partial charge in [0.05, 0.1) is 18.7 Å². The smallest absolute Gasteiger partial charge is 0.134 e. The Balaban J connectivity index is 1.69. The third-order valence-electron chi connectivity index (χ3n) is 4.70. The molecule has 7 nitrogen and oxygen atoms in total. The molecular formula is C18H28N6O. The maximum Gasteiger partial charge on any atom is 0.134 e. The Hall–Kier alpha value is -2.15. The van der Waals surface area contributed by atoms with Crippen molar-refractivity contribution in [1.82, 2.24) is 19.5 Å². The highest BCUT2D eigenvalue weighted by Gasteiger charge is 2.28. The lowest BCUT2D eigenvalue weighted by Gasteiger charge is -2.35. The first-order chi connectivity index (χ1) is 12.0. The molecule has 2 atom stereocenters. The van der Waals surface area contributed by atoms with Crippen molar-refractivity contribution in [3.05, 3.63) is 30.6 Å². The fourth-order valence-corrected chi connectivity index (χ4v) is 3.28. The lowest BCUT2D eigenvalue weighted by atomic mass is 9.94. The zero-order valence-electron chi connectivity index (χ0n) is 15.5. The molecule has 0 aromatic carbocycles. The maximum atomic E-state index is 5.96. The van der Waals surface area contributed by atoms with Crippen LogP contribution in [0.4, 0.5) is 11.6 Å². The first kappa shape index (κ1) is 17.7. The van der Waals surface area contributed by atoms with E-state index < -0.39 is 0 Å². The first-order valence-electron chi connectivity index (χ1n) is 8.92. The molecule has 3 rings (SSSR count). The molecule has 0 radical (unpaired) electrons. The van der Waals surface area contributed by atoms with E-state index in [-0.39, 0.29) is 12.1 Å². The number of nitrogens with one attached hydrogen (secondary N) is 1. The number of anilines is 2. The summed E-state index contributed by atoms with van der Waals surface area (Å²) in [6, 6.07) is 2.28. The summed E-state index contributed by atoms with van der Waals surface area (Å²) in [5, 5.41) is 3.55. The lowest BCUT2D eigenvalue weighted by Crippen LogP contribution is -2.43. The monoisotopic (exact) mass is 344 g/mol. The van der Waals surface area contributed by atoms with Crippen molar-refractivity contribution in [2.24, 2.45) is 13.0 Å². The Morgan fingerprint density at radius 2 is 2.20 bits per heavy atom. The number of imidazole rings is 1. The van der Waals surface area contributed by atoms with Crippen molar-refractivity contribution in [2.45, 2.75) is 45.4 Å². The number of rotatable bonds is 6. The van der Waals surface area contributed by atoms with Crippen molar-refractivity contribution in [3.8, 4) is 0 Å². The van der Waals surface area contributed by atoms with Crippen molar-refractivity contribution in [2.75, 3.05) is 23.9 Å². The molecule has 1 N–H and O–H groups in total. The predicted octanol–water partition coefficient (Wildman–Crippen LogP) is 2.46. The van der Waals surface area contributed by atoms with Crippen LogP contribution in [0.15, 0.2) is 24.8 Å². The second kappa shape index (κ2) is 7.82. The van der Waals surface area contributed by atoms with Gasteiger partial charge in [-0.2, -0.15) is 0 Å². The highest BCUT2D eigenvalue weighted by molar-refractivity contribution is 5.48. The fraction of sp³-hybridized carbons (Fsp3) is 0.611. The summed E-state index contributed by atoms with van der Waals surface area (Å²) >= 11 is 0. The maximum absolute atomic E-state index is 5.96. The SMILES string of the molecule is CC(C)[C@H]1OCCC[C@H]1Nc1cc(N(C)Cc2nccn2C)ncn1. The highest BCUT2D eigenvalue weighted by atomic mass is 16.5. The second-order valence-corrected chi connectivity index (χ2v) is 7.04. The van der Waals surface area contributed by atoms with Gasteiger partial charge in [0.15, 0.2) is 0 Å². The van der Waals surface area contributed by atoms with E-state index in [1.807, 2.05) is 37.1 Å². The van der Waals surface area contributed by atoms with Gasteiger partial charge < -0.3 is 19.5 Å². The van der Waals surface area contributed by atoms with Crippen LogP contribution in [-0.2, 0) is 18.3 Å². The zero-order chi connectivity index (χ0) is 17.8. The van der Waals surface area contributed by atoms with E-state index in [2.05, 4.69) is 39.0 Å². The lowest BCUT2D eigenvalue weighted by molar-refractivity contribution is -0.0203. The van der Waals surface area contributed by atoms with Crippen LogP contribution in [0.5, 0.6) is 0 Å². The van der Waals surface area contributed by atoms with E-state index in [1.54, 1.807) is 6.33 Å². The van der Waals surface area contributed by atoms with Gasteiger partial charge in [0.1, 0.15) is 23.8 Å². The Kier molecular flexibility index (Phi) is 5.53. The van der Waals surface area contributed by atoms with Crippen LogP contribution in [-0.4, -0.2) is 45.3 Å². The molecule has 0 amide bonds. The van der Waals surface area contributed by atoms with E-state index >= 15 is 0 Å². The number of ether oxygens (including phenoxy) is 1. The minimum absolute atomic E-state index is 0.220. The van der Waals surface area contributed by atoms with Crippen molar-refractivity contribution in [3.63, 3.8) is 0 Å². The van der Waals surface area contributed by atoms with Gasteiger partial charge in [-0.1, -0.05) is 13.8 Å². The second-order valence-electron chi connectivity index (χ2n) is 7.04. The molecule has 1 aliphatic heterocycles. The van der Waals surface area contributed by atoms with Gasteiger partial charge in [-0.05, 0) is 18.8 Å².